The van der Waals surface area contributed by atoms with E-state index in [0.717, 1.165) is 6.42 Å². The zero-order chi connectivity index (χ0) is 7.68. The molecule has 2 radical (unpaired) electrons. The van der Waals surface area contributed by atoms with Crippen LogP contribution in [0.25, 0.3) is 0 Å². The molecule has 0 amide bonds. The molecule has 1 aliphatic heterocycles. The number of benzene rings is 1. The summed E-state index contributed by atoms with van der Waals surface area (Å²) in [5, 5.41) is 3.40. The van der Waals surface area contributed by atoms with E-state index in [1.54, 1.807) is 0 Å². The van der Waals surface area contributed by atoms with Gasteiger partial charge in [-0.2, -0.15) is 0 Å². The van der Waals surface area contributed by atoms with Crippen LogP contribution in [0.1, 0.15) is 18.9 Å². The minimum Gasteiger partial charge on any atom is -0.382 e. The van der Waals surface area contributed by atoms with Crippen molar-refractivity contribution in [3.63, 3.8) is 0 Å². The lowest BCUT2D eigenvalue weighted by molar-refractivity contribution is 0.764. The lowest BCUT2D eigenvalue weighted by atomic mass is 9.99. The molecular weight excluding hydrogens is 134 g/mol. The summed E-state index contributed by atoms with van der Waals surface area (Å²) in [6.07, 6.45) is 4.36. The van der Waals surface area contributed by atoms with Crippen molar-refractivity contribution in [2.24, 2.45) is 0 Å². The van der Waals surface area contributed by atoms with E-state index in [4.69, 9.17) is 0 Å². The van der Waals surface area contributed by atoms with Crippen molar-refractivity contribution in [1.29, 1.82) is 0 Å². The monoisotopic (exact) mass is 145 g/mol. The molecule has 0 saturated carbocycles. The van der Waals surface area contributed by atoms with Crippen molar-refractivity contribution in [2.75, 3.05) is 5.32 Å². The van der Waals surface area contributed by atoms with E-state index >= 15 is 0 Å². The van der Waals surface area contributed by atoms with Gasteiger partial charge in [-0.05, 0) is 25.0 Å². The lowest BCUT2D eigenvalue weighted by Crippen LogP contribution is -2.20. The first-order valence-electron chi connectivity index (χ1n) is 3.96. The van der Waals surface area contributed by atoms with Crippen LogP contribution in [0.5, 0.6) is 0 Å². The lowest BCUT2D eigenvalue weighted by Gasteiger charge is -2.22. The van der Waals surface area contributed by atoms with Crippen molar-refractivity contribution in [3.8, 4) is 0 Å². The maximum atomic E-state index is 3.40. The molecule has 1 aliphatic rings. The predicted octanol–water partition coefficient (Wildman–Crippen LogP) is 2.32. The Hall–Kier alpha value is -0.980. The highest BCUT2D eigenvalue weighted by atomic mass is 14.9. The molecule has 1 heterocycles. The van der Waals surface area contributed by atoms with Crippen LogP contribution in [0, 0.1) is 6.42 Å². The summed E-state index contributed by atoms with van der Waals surface area (Å²) >= 11 is 0. The summed E-state index contributed by atoms with van der Waals surface area (Å²) in [5.74, 6) is 0. The molecule has 0 aromatic heterocycles. The summed E-state index contributed by atoms with van der Waals surface area (Å²) in [6.45, 7) is 2.17. The van der Waals surface area contributed by atoms with Crippen molar-refractivity contribution in [2.45, 2.75) is 19.4 Å². The van der Waals surface area contributed by atoms with Gasteiger partial charge in [0, 0.05) is 18.2 Å². The highest BCUT2D eigenvalue weighted by Gasteiger charge is 2.12. The number of nitrogens with one attached hydrogen (secondary N) is 1. The first-order valence-corrected chi connectivity index (χ1v) is 3.96. The molecule has 1 N–H and O–H groups in total. The van der Waals surface area contributed by atoms with E-state index in [2.05, 4.69) is 30.8 Å². The fourth-order valence-electron chi connectivity index (χ4n) is 1.34. The third-order valence-corrected chi connectivity index (χ3v) is 1.93. The van der Waals surface area contributed by atoms with Gasteiger partial charge < -0.3 is 5.32 Å². The summed E-state index contributed by atoms with van der Waals surface area (Å²) in [4.78, 5) is 0. The van der Waals surface area contributed by atoms with E-state index in [1.807, 2.05) is 12.1 Å². The van der Waals surface area contributed by atoms with Crippen LogP contribution in [0.2, 0.25) is 0 Å². The van der Waals surface area contributed by atoms with E-state index in [9.17, 15) is 0 Å². The first-order chi connectivity index (χ1) is 5.36. The zero-order valence-corrected chi connectivity index (χ0v) is 6.59. The molecule has 0 fully saturated rings. The van der Waals surface area contributed by atoms with Crippen molar-refractivity contribution < 1.29 is 0 Å². The topological polar surface area (TPSA) is 12.0 Å². The molecule has 11 heavy (non-hydrogen) atoms. The van der Waals surface area contributed by atoms with Crippen molar-refractivity contribution in [1.82, 2.24) is 0 Å². The van der Waals surface area contributed by atoms with Gasteiger partial charge in [0.05, 0.1) is 0 Å². The molecule has 0 saturated heterocycles. The standard InChI is InChI=1S/C10H11N/c1-8-6-7-9-4-2-3-5-10(9)11-8/h2-5,8,11H,6H2,1H3. The molecular formula is C10H11N. The largest absolute Gasteiger partial charge is 0.382 e. The van der Waals surface area contributed by atoms with E-state index < -0.39 is 0 Å². The second-order valence-corrected chi connectivity index (χ2v) is 2.97. The molecule has 1 atom stereocenters. The SMILES string of the molecule is CC1C[C]c2ccccc2N1. The number of para-hydroxylation sites is 1. The van der Waals surface area contributed by atoms with Crippen LogP contribution in [-0.2, 0) is 0 Å². The zero-order valence-electron chi connectivity index (χ0n) is 6.59. The molecule has 0 spiro atoms. The molecule has 2 rings (SSSR count). The van der Waals surface area contributed by atoms with Gasteiger partial charge in [-0.15, -0.1) is 0 Å². The van der Waals surface area contributed by atoms with Gasteiger partial charge in [0.1, 0.15) is 0 Å². The van der Waals surface area contributed by atoms with Crippen LogP contribution < -0.4 is 5.32 Å². The highest BCUT2D eigenvalue weighted by Crippen LogP contribution is 2.24. The summed E-state index contributed by atoms with van der Waals surface area (Å²) < 4.78 is 0. The summed E-state index contributed by atoms with van der Waals surface area (Å²) in [6, 6.07) is 8.81. The van der Waals surface area contributed by atoms with Crippen molar-refractivity contribution >= 4 is 5.69 Å². The predicted molar refractivity (Wildman–Crippen MR) is 46.5 cm³/mol. The Bertz CT molecular complexity index is 255. The molecule has 56 valence electrons. The number of rotatable bonds is 0. The molecule has 1 heteroatoms. The molecule has 1 unspecified atom stereocenters. The normalized spacial score (nSPS) is 22.1. The fraction of sp³-hybridized carbons (Fsp3) is 0.300. The van der Waals surface area contributed by atoms with Crippen LogP contribution in [0.3, 0.4) is 0 Å². The third kappa shape index (κ3) is 1.23. The van der Waals surface area contributed by atoms with Crippen LogP contribution >= 0.6 is 0 Å². The van der Waals surface area contributed by atoms with Gasteiger partial charge in [-0.3, -0.25) is 0 Å². The highest BCUT2D eigenvalue weighted by molar-refractivity contribution is 5.57. The maximum absolute atomic E-state index is 3.40. The average Bonchev–Trinajstić information content (AvgIpc) is 2.04. The first kappa shape index (κ1) is 6.71. The van der Waals surface area contributed by atoms with Crippen LogP contribution in [0.15, 0.2) is 24.3 Å². The summed E-state index contributed by atoms with van der Waals surface area (Å²) in [7, 11) is 0. The van der Waals surface area contributed by atoms with Gasteiger partial charge in [0.2, 0.25) is 0 Å². The van der Waals surface area contributed by atoms with Gasteiger partial charge in [-0.1, -0.05) is 18.2 Å². The number of hydrogen-bond acceptors (Lipinski definition) is 1. The Morgan fingerprint density at radius 3 is 3.18 bits per heavy atom. The average molecular weight is 145 g/mol. The maximum Gasteiger partial charge on any atom is 0.0381 e. The molecule has 1 aromatic carbocycles. The molecule has 1 aromatic rings. The number of fused-ring (bicyclic) bond motifs is 1. The van der Waals surface area contributed by atoms with Gasteiger partial charge in [0.15, 0.2) is 0 Å². The minimum atomic E-state index is 0.532. The van der Waals surface area contributed by atoms with E-state index in [1.165, 1.54) is 11.3 Å². The Balaban J connectivity index is 2.34. The van der Waals surface area contributed by atoms with Gasteiger partial charge >= 0.3 is 0 Å². The Labute approximate surface area is 67.4 Å². The number of hydrogen-bond donors (Lipinski definition) is 1. The van der Waals surface area contributed by atoms with E-state index in [0.29, 0.717) is 6.04 Å². The fourth-order valence-corrected chi connectivity index (χ4v) is 1.34. The minimum absolute atomic E-state index is 0.532. The smallest absolute Gasteiger partial charge is 0.0381 e. The molecule has 0 aliphatic carbocycles. The van der Waals surface area contributed by atoms with E-state index in [-0.39, 0.29) is 0 Å². The van der Waals surface area contributed by atoms with Gasteiger partial charge in [0.25, 0.3) is 0 Å². The Morgan fingerprint density at radius 1 is 1.45 bits per heavy atom. The molecule has 1 nitrogen and oxygen atoms in total. The summed E-state index contributed by atoms with van der Waals surface area (Å²) in [5.41, 5.74) is 2.43. The Morgan fingerprint density at radius 2 is 2.27 bits per heavy atom. The van der Waals surface area contributed by atoms with Crippen LogP contribution in [0.4, 0.5) is 5.69 Å². The molecule has 0 bridgehead atoms. The second-order valence-electron chi connectivity index (χ2n) is 2.97. The Kier molecular flexibility index (Phi) is 1.57. The van der Waals surface area contributed by atoms with Crippen LogP contribution in [-0.4, -0.2) is 6.04 Å². The second kappa shape index (κ2) is 2.57. The number of anilines is 1. The van der Waals surface area contributed by atoms with Gasteiger partial charge in [-0.25, -0.2) is 0 Å². The third-order valence-electron chi connectivity index (χ3n) is 1.93. The quantitative estimate of drug-likeness (QED) is 0.590. The van der Waals surface area contributed by atoms with Crippen molar-refractivity contribution in [3.05, 3.63) is 36.2 Å².